The highest BCUT2D eigenvalue weighted by Gasteiger charge is 2.15. The second kappa shape index (κ2) is 6.94. The van der Waals surface area contributed by atoms with Crippen LogP contribution < -0.4 is 5.19 Å². The fourth-order valence-electron chi connectivity index (χ4n) is 1.55. The molecular weight excluding hydrogens is 228 g/mol. The van der Waals surface area contributed by atoms with Gasteiger partial charge in [0.1, 0.15) is 0 Å². The third-order valence-corrected chi connectivity index (χ3v) is 4.73. The summed E-state index contributed by atoms with van der Waals surface area (Å²) in [5.41, 5.74) is 1.24. The van der Waals surface area contributed by atoms with Gasteiger partial charge in [0.2, 0.25) is 0 Å². The Morgan fingerprint density at radius 3 is 2.06 bits per heavy atom. The monoisotopic (exact) mass is 252 g/mol. The van der Waals surface area contributed by atoms with Crippen LogP contribution in [0.15, 0.2) is 24.3 Å². The molecule has 1 aromatic carbocycles. The molecule has 0 N–H and O–H groups in total. The summed E-state index contributed by atoms with van der Waals surface area (Å²) in [5.74, 6) is 0. The third-order valence-electron chi connectivity index (χ3n) is 2.66. The first-order valence-electron chi connectivity index (χ1n) is 6.29. The lowest BCUT2D eigenvalue weighted by Crippen LogP contribution is -2.37. The van der Waals surface area contributed by atoms with Gasteiger partial charge in [0.05, 0.1) is 27.9 Å². The standard InChI is InChI=1S/C14H24O2Si/c1-5-15-10-11-16-12-13-6-8-14(9-7-13)17(2,3)4/h6-9H,5,10-12H2,1-4H3. The van der Waals surface area contributed by atoms with Gasteiger partial charge in [-0.2, -0.15) is 0 Å². The fourth-order valence-corrected chi connectivity index (χ4v) is 2.72. The van der Waals surface area contributed by atoms with Gasteiger partial charge in [-0.3, -0.25) is 0 Å². The van der Waals surface area contributed by atoms with Crippen LogP contribution in [-0.4, -0.2) is 27.9 Å². The lowest BCUT2D eigenvalue weighted by Gasteiger charge is -2.16. The molecule has 0 atom stereocenters. The number of benzene rings is 1. The van der Waals surface area contributed by atoms with E-state index < -0.39 is 8.07 Å². The number of rotatable bonds is 7. The molecule has 0 saturated carbocycles. The summed E-state index contributed by atoms with van der Waals surface area (Å²) in [6.07, 6.45) is 0. The van der Waals surface area contributed by atoms with Crippen molar-refractivity contribution in [3.63, 3.8) is 0 Å². The van der Waals surface area contributed by atoms with Crippen LogP contribution in [0.2, 0.25) is 19.6 Å². The Hall–Kier alpha value is -0.643. The average molecular weight is 252 g/mol. The van der Waals surface area contributed by atoms with Crippen molar-refractivity contribution in [2.24, 2.45) is 0 Å². The van der Waals surface area contributed by atoms with Crippen molar-refractivity contribution in [1.82, 2.24) is 0 Å². The van der Waals surface area contributed by atoms with Crippen LogP contribution in [0.5, 0.6) is 0 Å². The number of hydrogen-bond acceptors (Lipinski definition) is 2. The van der Waals surface area contributed by atoms with E-state index in [1.165, 1.54) is 10.8 Å². The topological polar surface area (TPSA) is 18.5 Å². The molecule has 1 rings (SSSR count). The molecule has 0 saturated heterocycles. The molecule has 0 spiro atoms. The molecule has 0 aliphatic rings. The summed E-state index contributed by atoms with van der Waals surface area (Å²) in [6, 6.07) is 8.84. The van der Waals surface area contributed by atoms with E-state index in [-0.39, 0.29) is 0 Å². The molecule has 0 aliphatic carbocycles. The van der Waals surface area contributed by atoms with Crippen molar-refractivity contribution in [2.75, 3.05) is 19.8 Å². The van der Waals surface area contributed by atoms with Crippen LogP contribution in [0.4, 0.5) is 0 Å². The molecule has 2 nitrogen and oxygen atoms in total. The summed E-state index contributed by atoms with van der Waals surface area (Å²) in [5, 5.41) is 1.50. The third kappa shape index (κ3) is 5.48. The summed E-state index contributed by atoms with van der Waals surface area (Å²) >= 11 is 0. The molecule has 0 fully saturated rings. The molecule has 0 unspecified atom stereocenters. The van der Waals surface area contributed by atoms with Crippen molar-refractivity contribution in [3.8, 4) is 0 Å². The molecule has 0 bridgehead atoms. The van der Waals surface area contributed by atoms with Gasteiger partial charge < -0.3 is 9.47 Å². The van der Waals surface area contributed by atoms with Gasteiger partial charge in [-0.1, -0.05) is 49.1 Å². The van der Waals surface area contributed by atoms with E-state index in [0.29, 0.717) is 19.8 Å². The zero-order valence-corrected chi connectivity index (χ0v) is 12.5. The van der Waals surface area contributed by atoms with Crippen molar-refractivity contribution in [2.45, 2.75) is 33.2 Å². The molecule has 0 radical (unpaired) electrons. The molecule has 0 aromatic heterocycles. The predicted molar refractivity (Wildman–Crippen MR) is 75.6 cm³/mol. The Labute approximate surface area is 106 Å². The van der Waals surface area contributed by atoms with Gasteiger partial charge in [-0.25, -0.2) is 0 Å². The van der Waals surface area contributed by atoms with E-state index in [4.69, 9.17) is 9.47 Å². The first-order chi connectivity index (χ1) is 8.04. The van der Waals surface area contributed by atoms with Gasteiger partial charge in [-0.15, -0.1) is 0 Å². The summed E-state index contributed by atoms with van der Waals surface area (Å²) < 4.78 is 10.7. The van der Waals surface area contributed by atoms with Crippen LogP contribution >= 0.6 is 0 Å². The average Bonchev–Trinajstić information content (AvgIpc) is 2.28. The second-order valence-corrected chi connectivity index (χ2v) is 10.3. The van der Waals surface area contributed by atoms with Crippen LogP contribution in [0.25, 0.3) is 0 Å². The molecule has 0 heterocycles. The van der Waals surface area contributed by atoms with Crippen LogP contribution in [0.1, 0.15) is 12.5 Å². The normalized spacial score (nSPS) is 11.8. The molecule has 1 aromatic rings. The van der Waals surface area contributed by atoms with Crippen molar-refractivity contribution >= 4 is 13.3 Å². The summed E-state index contributed by atoms with van der Waals surface area (Å²) in [4.78, 5) is 0. The largest absolute Gasteiger partial charge is 0.379 e. The van der Waals surface area contributed by atoms with Gasteiger partial charge >= 0.3 is 0 Å². The van der Waals surface area contributed by atoms with E-state index in [1.54, 1.807) is 0 Å². The van der Waals surface area contributed by atoms with E-state index in [2.05, 4.69) is 43.9 Å². The lowest BCUT2D eigenvalue weighted by atomic mass is 10.2. The quantitative estimate of drug-likeness (QED) is 0.549. The highest BCUT2D eigenvalue weighted by Crippen LogP contribution is 2.05. The Morgan fingerprint density at radius 1 is 0.941 bits per heavy atom. The van der Waals surface area contributed by atoms with Crippen LogP contribution in [-0.2, 0) is 16.1 Å². The number of hydrogen-bond donors (Lipinski definition) is 0. The first-order valence-corrected chi connectivity index (χ1v) is 9.79. The summed E-state index contributed by atoms with van der Waals surface area (Å²) in [7, 11) is -1.17. The molecule has 3 heteroatoms. The Bertz CT molecular complexity index is 314. The SMILES string of the molecule is CCOCCOCc1ccc([Si](C)(C)C)cc1. The Morgan fingerprint density at radius 2 is 1.53 bits per heavy atom. The molecule has 17 heavy (non-hydrogen) atoms. The highest BCUT2D eigenvalue weighted by molar-refractivity contribution is 6.88. The van der Waals surface area contributed by atoms with Gasteiger partial charge in [0.25, 0.3) is 0 Å². The van der Waals surface area contributed by atoms with Gasteiger partial charge in [0, 0.05) is 6.61 Å². The lowest BCUT2D eigenvalue weighted by molar-refractivity contribution is 0.0453. The minimum absolute atomic E-state index is 0.670. The van der Waals surface area contributed by atoms with Crippen molar-refractivity contribution in [3.05, 3.63) is 29.8 Å². The van der Waals surface area contributed by atoms with Crippen LogP contribution in [0.3, 0.4) is 0 Å². The van der Waals surface area contributed by atoms with Gasteiger partial charge in [-0.05, 0) is 12.5 Å². The van der Waals surface area contributed by atoms with Gasteiger partial charge in [0.15, 0.2) is 0 Å². The summed E-state index contributed by atoms with van der Waals surface area (Å²) in [6.45, 7) is 11.9. The predicted octanol–water partition coefficient (Wildman–Crippen LogP) is 2.78. The molecule has 0 aliphatic heterocycles. The first kappa shape index (κ1) is 14.4. The smallest absolute Gasteiger partial charge is 0.0775 e. The fraction of sp³-hybridized carbons (Fsp3) is 0.571. The molecule has 0 amide bonds. The minimum Gasteiger partial charge on any atom is -0.379 e. The Kier molecular flexibility index (Phi) is 5.89. The van der Waals surface area contributed by atoms with Crippen molar-refractivity contribution < 1.29 is 9.47 Å². The molecular formula is C14H24O2Si. The zero-order chi connectivity index (χ0) is 12.7. The highest BCUT2D eigenvalue weighted by atomic mass is 28.3. The van der Waals surface area contributed by atoms with Crippen LogP contribution in [0, 0.1) is 0 Å². The minimum atomic E-state index is -1.17. The number of ether oxygens (including phenoxy) is 2. The van der Waals surface area contributed by atoms with E-state index in [9.17, 15) is 0 Å². The second-order valence-electron chi connectivity index (χ2n) is 5.20. The van der Waals surface area contributed by atoms with E-state index in [1.807, 2.05) is 6.92 Å². The zero-order valence-electron chi connectivity index (χ0n) is 11.5. The Balaban J connectivity index is 2.36. The maximum Gasteiger partial charge on any atom is 0.0775 e. The van der Waals surface area contributed by atoms with E-state index in [0.717, 1.165) is 6.61 Å². The molecule has 96 valence electrons. The maximum absolute atomic E-state index is 5.53. The van der Waals surface area contributed by atoms with E-state index >= 15 is 0 Å². The van der Waals surface area contributed by atoms with Crippen molar-refractivity contribution in [1.29, 1.82) is 0 Å². The maximum atomic E-state index is 5.53.